The van der Waals surface area contributed by atoms with Crippen LogP contribution in [0.4, 0.5) is 5.69 Å². The second-order valence-corrected chi connectivity index (χ2v) is 5.47. The quantitative estimate of drug-likeness (QED) is 0.733. The van der Waals surface area contributed by atoms with E-state index in [1.165, 1.54) is 0 Å². The SMILES string of the molecule is COCc1cccc(NC(=O)CCCOc2ccccc2Cl)c1. The Morgan fingerprint density at radius 3 is 2.78 bits per heavy atom. The van der Waals surface area contributed by atoms with E-state index >= 15 is 0 Å². The molecule has 4 nitrogen and oxygen atoms in total. The third-order valence-corrected chi connectivity index (χ3v) is 3.48. The number of rotatable bonds is 8. The summed E-state index contributed by atoms with van der Waals surface area (Å²) in [4.78, 5) is 11.9. The molecule has 0 bridgehead atoms. The van der Waals surface area contributed by atoms with E-state index in [9.17, 15) is 4.79 Å². The van der Waals surface area contributed by atoms with Crippen LogP contribution in [0.5, 0.6) is 5.75 Å². The van der Waals surface area contributed by atoms with Gasteiger partial charge in [0.1, 0.15) is 5.75 Å². The average Bonchev–Trinajstić information content (AvgIpc) is 2.54. The highest BCUT2D eigenvalue weighted by molar-refractivity contribution is 6.32. The topological polar surface area (TPSA) is 47.6 Å². The molecule has 0 radical (unpaired) electrons. The smallest absolute Gasteiger partial charge is 0.224 e. The number of hydrogen-bond acceptors (Lipinski definition) is 3. The fourth-order valence-corrected chi connectivity index (χ4v) is 2.30. The van der Waals surface area contributed by atoms with Gasteiger partial charge >= 0.3 is 0 Å². The van der Waals surface area contributed by atoms with Gasteiger partial charge in [-0.3, -0.25) is 4.79 Å². The number of benzene rings is 2. The second-order valence-electron chi connectivity index (χ2n) is 5.06. The molecule has 0 aliphatic heterocycles. The largest absolute Gasteiger partial charge is 0.492 e. The molecule has 2 aromatic carbocycles. The molecule has 0 aliphatic rings. The summed E-state index contributed by atoms with van der Waals surface area (Å²) in [5, 5.41) is 3.45. The molecule has 0 unspecified atom stereocenters. The van der Waals surface area contributed by atoms with Gasteiger partial charge in [-0.05, 0) is 36.2 Å². The molecule has 122 valence electrons. The van der Waals surface area contributed by atoms with Crippen LogP contribution in [0.15, 0.2) is 48.5 Å². The van der Waals surface area contributed by atoms with Crippen LogP contribution < -0.4 is 10.1 Å². The van der Waals surface area contributed by atoms with E-state index in [-0.39, 0.29) is 5.91 Å². The van der Waals surface area contributed by atoms with Gasteiger partial charge in [0.05, 0.1) is 18.2 Å². The van der Waals surface area contributed by atoms with Crippen molar-refractivity contribution in [2.75, 3.05) is 19.0 Å². The lowest BCUT2D eigenvalue weighted by Crippen LogP contribution is -2.13. The monoisotopic (exact) mass is 333 g/mol. The number of ether oxygens (including phenoxy) is 2. The summed E-state index contributed by atoms with van der Waals surface area (Å²) in [7, 11) is 1.64. The standard InChI is InChI=1S/C18H20ClNO3/c1-22-13-14-6-4-7-15(12-14)20-18(21)10-5-11-23-17-9-3-2-8-16(17)19/h2-4,6-9,12H,5,10-11,13H2,1H3,(H,20,21). The van der Waals surface area contributed by atoms with Gasteiger partial charge in [0.15, 0.2) is 0 Å². The maximum absolute atomic E-state index is 11.9. The molecular formula is C18H20ClNO3. The molecule has 2 aromatic rings. The van der Waals surface area contributed by atoms with E-state index < -0.39 is 0 Å². The van der Waals surface area contributed by atoms with Crippen LogP contribution in [-0.2, 0) is 16.1 Å². The Bertz CT molecular complexity index is 646. The summed E-state index contributed by atoms with van der Waals surface area (Å²) in [5.41, 5.74) is 1.80. The Morgan fingerprint density at radius 2 is 2.00 bits per heavy atom. The van der Waals surface area contributed by atoms with Gasteiger partial charge in [-0.1, -0.05) is 35.9 Å². The van der Waals surface area contributed by atoms with Gasteiger partial charge in [-0.15, -0.1) is 0 Å². The van der Waals surface area contributed by atoms with Crippen molar-refractivity contribution in [1.29, 1.82) is 0 Å². The van der Waals surface area contributed by atoms with Crippen molar-refractivity contribution < 1.29 is 14.3 Å². The van der Waals surface area contributed by atoms with E-state index in [1.54, 1.807) is 13.2 Å². The second kappa shape index (κ2) is 9.18. The van der Waals surface area contributed by atoms with Crippen LogP contribution in [0, 0.1) is 0 Å². The van der Waals surface area contributed by atoms with Gasteiger partial charge in [-0.25, -0.2) is 0 Å². The van der Waals surface area contributed by atoms with E-state index in [0.29, 0.717) is 36.8 Å². The molecule has 0 fully saturated rings. The molecule has 23 heavy (non-hydrogen) atoms. The summed E-state index contributed by atoms with van der Waals surface area (Å²) < 4.78 is 10.6. The van der Waals surface area contributed by atoms with Crippen molar-refractivity contribution in [3.05, 3.63) is 59.1 Å². The average molecular weight is 334 g/mol. The lowest BCUT2D eigenvalue weighted by Gasteiger charge is -2.09. The first-order valence-corrected chi connectivity index (χ1v) is 7.82. The lowest BCUT2D eigenvalue weighted by atomic mass is 10.2. The van der Waals surface area contributed by atoms with E-state index in [4.69, 9.17) is 21.1 Å². The molecule has 2 rings (SSSR count). The highest BCUT2D eigenvalue weighted by Crippen LogP contribution is 2.23. The minimum Gasteiger partial charge on any atom is -0.492 e. The Labute approximate surface area is 141 Å². The normalized spacial score (nSPS) is 10.3. The fraction of sp³-hybridized carbons (Fsp3) is 0.278. The van der Waals surface area contributed by atoms with Crippen LogP contribution in [0.2, 0.25) is 5.02 Å². The molecule has 0 aromatic heterocycles. The zero-order chi connectivity index (χ0) is 16.5. The van der Waals surface area contributed by atoms with Crippen molar-refractivity contribution in [2.24, 2.45) is 0 Å². The van der Waals surface area contributed by atoms with E-state index in [0.717, 1.165) is 11.3 Å². The number of amides is 1. The molecule has 1 amide bonds. The van der Waals surface area contributed by atoms with Crippen molar-refractivity contribution in [2.45, 2.75) is 19.4 Å². The molecule has 0 atom stereocenters. The van der Waals surface area contributed by atoms with Crippen LogP contribution in [-0.4, -0.2) is 19.6 Å². The van der Waals surface area contributed by atoms with Crippen molar-refractivity contribution in [3.8, 4) is 5.75 Å². The van der Waals surface area contributed by atoms with Gasteiger partial charge in [0.2, 0.25) is 5.91 Å². The first-order valence-electron chi connectivity index (χ1n) is 7.44. The minimum absolute atomic E-state index is 0.0395. The minimum atomic E-state index is -0.0395. The first kappa shape index (κ1) is 17.3. The Kier molecular flexibility index (Phi) is 6.91. The number of halogens is 1. The summed E-state index contributed by atoms with van der Waals surface area (Å²) >= 11 is 6.00. The molecule has 0 aliphatic carbocycles. The van der Waals surface area contributed by atoms with Crippen molar-refractivity contribution >= 4 is 23.2 Å². The van der Waals surface area contributed by atoms with Crippen molar-refractivity contribution in [1.82, 2.24) is 0 Å². The van der Waals surface area contributed by atoms with Crippen LogP contribution >= 0.6 is 11.6 Å². The van der Waals surface area contributed by atoms with Gasteiger partial charge in [0.25, 0.3) is 0 Å². The summed E-state index contributed by atoms with van der Waals surface area (Å²) in [5.74, 6) is 0.601. The van der Waals surface area contributed by atoms with Crippen LogP contribution in [0.25, 0.3) is 0 Å². The third kappa shape index (κ3) is 5.93. The zero-order valence-electron chi connectivity index (χ0n) is 13.0. The molecule has 5 heteroatoms. The summed E-state index contributed by atoms with van der Waals surface area (Å²) in [6.07, 6.45) is 1.01. The molecule has 0 saturated heterocycles. The fourth-order valence-electron chi connectivity index (χ4n) is 2.11. The Hall–Kier alpha value is -2.04. The van der Waals surface area contributed by atoms with Gasteiger partial charge in [0, 0.05) is 19.2 Å². The zero-order valence-corrected chi connectivity index (χ0v) is 13.8. The Morgan fingerprint density at radius 1 is 1.17 bits per heavy atom. The number of nitrogens with one attached hydrogen (secondary N) is 1. The first-order chi connectivity index (χ1) is 11.2. The molecule has 0 saturated carbocycles. The molecule has 1 N–H and O–H groups in total. The number of para-hydroxylation sites is 1. The summed E-state index contributed by atoms with van der Waals surface area (Å²) in [6.45, 7) is 0.969. The molecule has 0 spiro atoms. The highest BCUT2D eigenvalue weighted by atomic mass is 35.5. The van der Waals surface area contributed by atoms with E-state index in [2.05, 4.69) is 5.32 Å². The number of anilines is 1. The predicted octanol–water partition coefficient (Wildman–Crippen LogP) is 4.28. The maximum Gasteiger partial charge on any atom is 0.224 e. The highest BCUT2D eigenvalue weighted by Gasteiger charge is 2.04. The molecular weight excluding hydrogens is 314 g/mol. The number of methoxy groups -OCH3 is 1. The molecule has 0 heterocycles. The third-order valence-electron chi connectivity index (χ3n) is 3.16. The van der Waals surface area contributed by atoms with Gasteiger partial charge in [-0.2, -0.15) is 0 Å². The number of carbonyl (C=O) groups excluding carboxylic acids is 1. The Balaban J connectivity index is 1.73. The van der Waals surface area contributed by atoms with Crippen LogP contribution in [0.3, 0.4) is 0 Å². The number of hydrogen-bond donors (Lipinski definition) is 1. The maximum atomic E-state index is 11.9. The lowest BCUT2D eigenvalue weighted by molar-refractivity contribution is -0.116. The number of carbonyl (C=O) groups is 1. The van der Waals surface area contributed by atoms with Crippen molar-refractivity contribution in [3.63, 3.8) is 0 Å². The van der Waals surface area contributed by atoms with Crippen LogP contribution in [0.1, 0.15) is 18.4 Å². The van der Waals surface area contributed by atoms with E-state index in [1.807, 2.05) is 42.5 Å². The predicted molar refractivity (Wildman–Crippen MR) is 92.0 cm³/mol. The summed E-state index contributed by atoms with van der Waals surface area (Å²) in [6, 6.07) is 14.9. The van der Waals surface area contributed by atoms with Gasteiger partial charge < -0.3 is 14.8 Å².